The fraction of sp³-hybridized carbons (Fsp3) is 0.857. The summed E-state index contributed by atoms with van der Waals surface area (Å²) in [6, 6.07) is 0. The number of rotatable bonds is 7. The molecule has 0 saturated carbocycles. The van der Waals surface area contributed by atoms with Crippen LogP contribution in [0.4, 0.5) is 0 Å². The molecule has 0 saturated heterocycles. The van der Waals surface area contributed by atoms with Crippen molar-refractivity contribution in [1.82, 2.24) is 0 Å². The molecule has 0 spiro atoms. The molecule has 6 nitrogen and oxygen atoms in total. The average molecular weight is 224 g/mol. The Hall–Kier alpha value is -0.473. The average Bonchev–Trinajstić information content (AvgIpc) is 2.19. The van der Waals surface area contributed by atoms with Gasteiger partial charge in [-0.05, 0) is 6.92 Å². The first-order chi connectivity index (χ1) is 6.57. The maximum atomic E-state index is 10.9. The molecule has 84 valence electrons. The maximum Gasteiger partial charge on any atom is 0.542 e. The number of hydrogen-bond donors (Lipinski definition) is 1. The summed E-state index contributed by atoms with van der Waals surface area (Å²) in [6.07, 6.45) is 0. The molecular weight excluding hydrogens is 208 g/mol. The fourth-order valence-corrected chi connectivity index (χ4v) is 2.88. The molecule has 0 bridgehead atoms. The molecule has 0 aromatic rings. The van der Waals surface area contributed by atoms with Crippen molar-refractivity contribution in [2.45, 2.75) is 12.7 Å². The topological polar surface area (TPSA) is 74.2 Å². The first kappa shape index (κ1) is 13.5. The van der Waals surface area contributed by atoms with Gasteiger partial charge in [0.05, 0.1) is 0 Å². The van der Waals surface area contributed by atoms with Gasteiger partial charge in [0.15, 0.2) is 0 Å². The zero-order valence-corrected chi connectivity index (χ0v) is 9.77. The standard InChI is InChI=1S/C7H16O6Si/c1-5-13-7(6(8)9)14(10-2,11-3)12-4/h7H,5H2,1-4H3,(H,8,9). The number of carbonyl (C=O) groups is 1. The van der Waals surface area contributed by atoms with E-state index in [0.29, 0.717) is 0 Å². The Balaban J connectivity index is 4.79. The maximum absolute atomic E-state index is 10.9. The van der Waals surface area contributed by atoms with Gasteiger partial charge in [0.25, 0.3) is 0 Å². The van der Waals surface area contributed by atoms with Crippen LogP contribution in [0.25, 0.3) is 0 Å². The highest BCUT2D eigenvalue weighted by molar-refractivity contribution is 6.65. The van der Waals surface area contributed by atoms with Gasteiger partial charge in [-0.2, -0.15) is 0 Å². The first-order valence-electron chi connectivity index (χ1n) is 4.07. The van der Waals surface area contributed by atoms with Crippen LogP contribution in [0, 0.1) is 0 Å². The van der Waals surface area contributed by atoms with Crippen LogP contribution in [-0.4, -0.2) is 53.5 Å². The third-order valence-corrected chi connectivity index (χ3v) is 4.50. The van der Waals surface area contributed by atoms with Crippen molar-refractivity contribution in [2.24, 2.45) is 0 Å². The van der Waals surface area contributed by atoms with Crippen LogP contribution in [0.1, 0.15) is 6.92 Å². The van der Waals surface area contributed by atoms with E-state index in [4.69, 9.17) is 23.1 Å². The second-order valence-corrected chi connectivity index (χ2v) is 5.35. The summed E-state index contributed by atoms with van der Waals surface area (Å²) in [5, 5.41) is 8.90. The number of aliphatic carboxylic acids is 1. The molecular formula is C7H16O6Si. The minimum absolute atomic E-state index is 0.252. The van der Waals surface area contributed by atoms with Crippen LogP contribution < -0.4 is 0 Å². The molecule has 0 aromatic carbocycles. The van der Waals surface area contributed by atoms with Crippen LogP contribution in [-0.2, 0) is 22.8 Å². The molecule has 0 radical (unpaired) electrons. The van der Waals surface area contributed by atoms with Crippen molar-refractivity contribution < 1.29 is 27.9 Å². The summed E-state index contributed by atoms with van der Waals surface area (Å²) >= 11 is 0. The highest BCUT2D eigenvalue weighted by Crippen LogP contribution is 2.15. The molecule has 0 aliphatic carbocycles. The Morgan fingerprint density at radius 3 is 1.93 bits per heavy atom. The van der Waals surface area contributed by atoms with E-state index in [9.17, 15) is 4.79 Å². The summed E-state index contributed by atoms with van der Waals surface area (Å²) in [5.41, 5.74) is -1.19. The van der Waals surface area contributed by atoms with E-state index in [-0.39, 0.29) is 6.61 Å². The normalized spacial score (nSPS) is 14.0. The lowest BCUT2D eigenvalue weighted by atomic mass is 10.7. The lowest BCUT2D eigenvalue weighted by molar-refractivity contribution is -0.148. The van der Waals surface area contributed by atoms with Crippen molar-refractivity contribution in [2.75, 3.05) is 27.9 Å². The number of hydrogen-bond acceptors (Lipinski definition) is 5. The van der Waals surface area contributed by atoms with E-state index in [1.54, 1.807) is 6.92 Å². The molecule has 1 atom stereocenters. The third-order valence-electron chi connectivity index (χ3n) is 1.73. The van der Waals surface area contributed by atoms with E-state index in [1.807, 2.05) is 0 Å². The summed E-state index contributed by atoms with van der Waals surface area (Å²) in [7, 11) is 0.772. The first-order valence-corrected chi connectivity index (χ1v) is 5.88. The molecule has 1 N–H and O–H groups in total. The quantitative estimate of drug-likeness (QED) is 0.608. The predicted molar refractivity (Wildman–Crippen MR) is 49.8 cm³/mol. The van der Waals surface area contributed by atoms with E-state index < -0.39 is 20.5 Å². The van der Waals surface area contributed by atoms with Gasteiger partial charge in [-0.3, -0.25) is 0 Å². The van der Waals surface area contributed by atoms with Gasteiger partial charge in [0.2, 0.25) is 5.73 Å². The van der Waals surface area contributed by atoms with Gasteiger partial charge in [-0.15, -0.1) is 0 Å². The number of ether oxygens (including phenoxy) is 1. The zero-order chi connectivity index (χ0) is 11.2. The van der Waals surface area contributed by atoms with Crippen molar-refractivity contribution in [3.05, 3.63) is 0 Å². The molecule has 14 heavy (non-hydrogen) atoms. The van der Waals surface area contributed by atoms with Gasteiger partial charge in [-0.25, -0.2) is 4.79 Å². The highest BCUT2D eigenvalue weighted by atomic mass is 28.4. The van der Waals surface area contributed by atoms with E-state index >= 15 is 0 Å². The lowest BCUT2D eigenvalue weighted by Gasteiger charge is -2.29. The summed E-state index contributed by atoms with van der Waals surface area (Å²) in [4.78, 5) is 10.9. The van der Waals surface area contributed by atoms with Crippen molar-refractivity contribution in [3.8, 4) is 0 Å². The van der Waals surface area contributed by atoms with Gasteiger partial charge >= 0.3 is 14.8 Å². The minimum atomic E-state index is -3.25. The third kappa shape index (κ3) is 2.76. The zero-order valence-electron chi connectivity index (χ0n) is 8.77. The second kappa shape index (κ2) is 6.09. The predicted octanol–water partition coefficient (Wildman–Crippen LogP) is -0.107. The summed E-state index contributed by atoms with van der Waals surface area (Å²) in [6.45, 7) is 1.94. The van der Waals surface area contributed by atoms with Crippen molar-refractivity contribution >= 4 is 14.8 Å². The van der Waals surface area contributed by atoms with Crippen LogP contribution in [0.2, 0.25) is 0 Å². The Morgan fingerprint density at radius 2 is 1.71 bits per heavy atom. The van der Waals surface area contributed by atoms with E-state index in [2.05, 4.69) is 0 Å². The summed E-state index contributed by atoms with van der Waals surface area (Å²) in [5.74, 6) is -1.15. The van der Waals surface area contributed by atoms with Gasteiger partial charge in [0.1, 0.15) is 0 Å². The highest BCUT2D eigenvalue weighted by Gasteiger charge is 2.53. The van der Waals surface area contributed by atoms with Gasteiger partial charge in [0, 0.05) is 27.9 Å². The van der Waals surface area contributed by atoms with Crippen LogP contribution in [0.5, 0.6) is 0 Å². The minimum Gasteiger partial charge on any atom is -0.479 e. The van der Waals surface area contributed by atoms with Crippen LogP contribution in [0.15, 0.2) is 0 Å². The van der Waals surface area contributed by atoms with Crippen molar-refractivity contribution in [1.29, 1.82) is 0 Å². The molecule has 0 aliphatic rings. The Bertz CT molecular complexity index is 173. The lowest BCUT2D eigenvalue weighted by Crippen LogP contribution is -2.59. The van der Waals surface area contributed by atoms with E-state index in [1.165, 1.54) is 21.3 Å². The van der Waals surface area contributed by atoms with Gasteiger partial charge in [-0.1, -0.05) is 0 Å². The van der Waals surface area contributed by atoms with E-state index in [0.717, 1.165) is 0 Å². The molecule has 7 heteroatoms. The molecule has 1 unspecified atom stereocenters. The fourth-order valence-electron chi connectivity index (χ4n) is 1.06. The smallest absolute Gasteiger partial charge is 0.479 e. The molecule has 0 aromatic heterocycles. The number of carboxylic acid groups (broad SMARTS) is 1. The largest absolute Gasteiger partial charge is 0.542 e. The van der Waals surface area contributed by atoms with Crippen molar-refractivity contribution in [3.63, 3.8) is 0 Å². The van der Waals surface area contributed by atoms with Gasteiger partial charge < -0.3 is 23.1 Å². The molecule has 0 aliphatic heterocycles. The monoisotopic (exact) mass is 224 g/mol. The molecule has 0 rings (SSSR count). The second-order valence-electron chi connectivity index (χ2n) is 2.39. The molecule has 0 heterocycles. The summed E-state index contributed by atoms with van der Waals surface area (Å²) < 4.78 is 20.0. The Morgan fingerprint density at radius 1 is 1.29 bits per heavy atom. The number of carboxylic acids is 1. The Kier molecular flexibility index (Phi) is 5.89. The molecule has 0 fully saturated rings. The van der Waals surface area contributed by atoms with Crippen LogP contribution >= 0.6 is 0 Å². The SMILES string of the molecule is CCOC(C(=O)O)[Si](OC)(OC)OC. The Labute approximate surface area is 84.1 Å². The molecule has 0 amide bonds. The van der Waals surface area contributed by atoms with Crippen LogP contribution in [0.3, 0.4) is 0 Å².